The molecule has 0 aromatic rings. The lowest BCUT2D eigenvalue weighted by Gasteiger charge is -2.26. The first kappa shape index (κ1) is 13.0. The van der Waals surface area contributed by atoms with E-state index in [1.54, 1.807) is 0 Å². The highest BCUT2D eigenvalue weighted by atomic mass is 16.5. The molecule has 1 aliphatic heterocycles. The summed E-state index contributed by atoms with van der Waals surface area (Å²) in [5.74, 6) is 0. The third-order valence-electron chi connectivity index (χ3n) is 2.82. The first-order valence-corrected chi connectivity index (χ1v) is 5.97. The van der Waals surface area contributed by atoms with Crippen molar-refractivity contribution in [2.45, 2.75) is 71.8 Å². The fourth-order valence-corrected chi connectivity index (χ4v) is 1.91. The number of unbranched alkanes of at least 4 members (excludes halogenated alkanes) is 1. The van der Waals surface area contributed by atoms with Gasteiger partial charge >= 0.3 is 0 Å². The molecular weight excluding hydrogens is 160 g/mol. The minimum Gasteiger partial charge on any atom is -0.375 e. The van der Waals surface area contributed by atoms with E-state index in [9.17, 15) is 0 Å². The third-order valence-corrected chi connectivity index (χ3v) is 2.82. The summed E-state index contributed by atoms with van der Waals surface area (Å²) in [5.41, 5.74) is 0.288. The summed E-state index contributed by atoms with van der Waals surface area (Å²) in [7, 11) is 0. The highest BCUT2D eigenvalue weighted by Gasteiger charge is 2.31. The molecule has 0 aliphatic carbocycles. The van der Waals surface area contributed by atoms with Crippen LogP contribution in [0.15, 0.2) is 0 Å². The molecule has 1 heteroatoms. The van der Waals surface area contributed by atoms with Crippen LogP contribution in [0.25, 0.3) is 0 Å². The molecular formula is C12H26O. The number of hydrogen-bond acceptors (Lipinski definition) is 1. The molecule has 1 unspecified atom stereocenters. The molecule has 0 radical (unpaired) electrons. The van der Waals surface area contributed by atoms with Crippen molar-refractivity contribution in [2.75, 3.05) is 6.61 Å². The quantitative estimate of drug-likeness (QED) is 0.640. The maximum atomic E-state index is 5.79. The molecule has 1 aliphatic rings. The van der Waals surface area contributed by atoms with Gasteiger partial charge in [-0.3, -0.25) is 0 Å². The molecule has 13 heavy (non-hydrogen) atoms. The van der Waals surface area contributed by atoms with Crippen molar-refractivity contribution in [3.8, 4) is 0 Å². The minimum atomic E-state index is 0.288. The van der Waals surface area contributed by atoms with Crippen LogP contribution in [-0.4, -0.2) is 12.2 Å². The normalized spacial score (nSPS) is 26.8. The van der Waals surface area contributed by atoms with E-state index in [2.05, 4.69) is 13.8 Å². The van der Waals surface area contributed by atoms with Gasteiger partial charge in [-0.05, 0) is 25.7 Å². The van der Waals surface area contributed by atoms with Gasteiger partial charge in [0, 0.05) is 6.61 Å². The molecule has 80 valence electrons. The van der Waals surface area contributed by atoms with Gasteiger partial charge in [-0.1, -0.05) is 40.5 Å². The Bertz CT molecular complexity index is 104. The van der Waals surface area contributed by atoms with Crippen molar-refractivity contribution in [1.29, 1.82) is 0 Å². The van der Waals surface area contributed by atoms with Crippen LogP contribution in [0.3, 0.4) is 0 Å². The molecule has 1 fully saturated rings. The van der Waals surface area contributed by atoms with E-state index in [4.69, 9.17) is 4.74 Å². The Hall–Kier alpha value is -0.0400. The zero-order chi connectivity index (χ0) is 10.2. The smallest absolute Gasteiger partial charge is 0.0680 e. The summed E-state index contributed by atoms with van der Waals surface area (Å²) in [4.78, 5) is 0. The average Bonchev–Trinajstić information content (AvgIpc) is 2.67. The predicted molar refractivity (Wildman–Crippen MR) is 59.1 cm³/mol. The van der Waals surface area contributed by atoms with Crippen molar-refractivity contribution in [3.05, 3.63) is 0 Å². The number of hydrogen-bond donors (Lipinski definition) is 0. The van der Waals surface area contributed by atoms with Gasteiger partial charge in [0.05, 0.1) is 5.60 Å². The number of ether oxygens (including phenoxy) is 1. The summed E-state index contributed by atoms with van der Waals surface area (Å²) in [6.07, 6.45) is 7.67. The van der Waals surface area contributed by atoms with E-state index < -0.39 is 0 Å². The molecule has 1 nitrogen and oxygen atoms in total. The van der Waals surface area contributed by atoms with Gasteiger partial charge < -0.3 is 4.74 Å². The van der Waals surface area contributed by atoms with Crippen molar-refractivity contribution in [2.24, 2.45) is 0 Å². The lowest BCUT2D eigenvalue weighted by atomic mass is 9.91. The first-order valence-electron chi connectivity index (χ1n) is 5.97. The third kappa shape index (κ3) is 4.12. The Morgan fingerprint density at radius 3 is 2.31 bits per heavy atom. The van der Waals surface area contributed by atoms with E-state index in [1.807, 2.05) is 13.8 Å². The molecule has 0 amide bonds. The Kier molecular flexibility index (Phi) is 7.35. The molecule has 0 bridgehead atoms. The largest absolute Gasteiger partial charge is 0.375 e. The lowest BCUT2D eigenvalue weighted by molar-refractivity contribution is -0.00739. The van der Waals surface area contributed by atoms with Crippen LogP contribution in [0.4, 0.5) is 0 Å². The van der Waals surface area contributed by atoms with Crippen LogP contribution in [-0.2, 0) is 4.74 Å². The van der Waals surface area contributed by atoms with Crippen LogP contribution < -0.4 is 0 Å². The highest BCUT2D eigenvalue weighted by molar-refractivity contribution is 4.83. The van der Waals surface area contributed by atoms with Crippen molar-refractivity contribution < 1.29 is 4.74 Å². The second-order valence-corrected chi connectivity index (χ2v) is 3.59. The van der Waals surface area contributed by atoms with Crippen LogP contribution in [0.2, 0.25) is 0 Å². The fourth-order valence-electron chi connectivity index (χ4n) is 1.91. The maximum Gasteiger partial charge on any atom is 0.0680 e. The van der Waals surface area contributed by atoms with Gasteiger partial charge in [-0.25, -0.2) is 0 Å². The monoisotopic (exact) mass is 186 g/mol. The Labute approximate surface area is 83.9 Å². The van der Waals surface area contributed by atoms with Crippen LogP contribution in [0.1, 0.15) is 66.2 Å². The van der Waals surface area contributed by atoms with Crippen molar-refractivity contribution >= 4 is 0 Å². The van der Waals surface area contributed by atoms with Crippen LogP contribution in [0, 0.1) is 0 Å². The topological polar surface area (TPSA) is 9.23 Å². The number of rotatable bonds is 4. The maximum absolute atomic E-state index is 5.79. The Morgan fingerprint density at radius 1 is 1.23 bits per heavy atom. The summed E-state index contributed by atoms with van der Waals surface area (Å²) in [5, 5.41) is 0. The van der Waals surface area contributed by atoms with E-state index in [-0.39, 0.29) is 5.60 Å². The molecule has 0 aromatic heterocycles. The fraction of sp³-hybridized carbons (Fsp3) is 1.00. The average molecular weight is 186 g/mol. The predicted octanol–water partition coefficient (Wildman–Crippen LogP) is 4.16. The summed E-state index contributed by atoms with van der Waals surface area (Å²) in [6.45, 7) is 9.50. The lowest BCUT2D eigenvalue weighted by Crippen LogP contribution is -2.26. The van der Waals surface area contributed by atoms with Gasteiger partial charge in [-0.2, -0.15) is 0 Å². The zero-order valence-corrected chi connectivity index (χ0v) is 9.86. The van der Waals surface area contributed by atoms with E-state index in [0.29, 0.717) is 0 Å². The minimum absolute atomic E-state index is 0.288. The molecule has 1 rings (SSSR count). The van der Waals surface area contributed by atoms with E-state index >= 15 is 0 Å². The van der Waals surface area contributed by atoms with Gasteiger partial charge in [0.2, 0.25) is 0 Å². The van der Waals surface area contributed by atoms with Crippen LogP contribution in [0.5, 0.6) is 0 Å². The van der Waals surface area contributed by atoms with E-state index in [0.717, 1.165) is 6.61 Å². The molecule has 0 aromatic carbocycles. The SMILES string of the molecule is CC.CCCCC1(CC)CCCO1. The molecule has 1 heterocycles. The second-order valence-electron chi connectivity index (χ2n) is 3.59. The van der Waals surface area contributed by atoms with Gasteiger partial charge in [0.25, 0.3) is 0 Å². The standard InChI is InChI=1S/C10H20O.C2H6/c1-3-5-7-10(4-2)8-6-9-11-10;1-2/h3-9H2,1-2H3;1-2H3. The first-order chi connectivity index (χ1) is 6.33. The van der Waals surface area contributed by atoms with E-state index in [1.165, 1.54) is 38.5 Å². The highest BCUT2D eigenvalue weighted by Crippen LogP contribution is 2.33. The van der Waals surface area contributed by atoms with Gasteiger partial charge in [0.15, 0.2) is 0 Å². The van der Waals surface area contributed by atoms with Gasteiger partial charge in [0.1, 0.15) is 0 Å². The summed E-state index contributed by atoms with van der Waals surface area (Å²) < 4.78 is 5.79. The van der Waals surface area contributed by atoms with Gasteiger partial charge in [-0.15, -0.1) is 0 Å². The Balaban J connectivity index is 0.000000671. The molecule has 0 saturated carbocycles. The van der Waals surface area contributed by atoms with Crippen molar-refractivity contribution in [3.63, 3.8) is 0 Å². The summed E-state index contributed by atoms with van der Waals surface area (Å²) >= 11 is 0. The molecule has 0 spiro atoms. The molecule has 1 atom stereocenters. The molecule has 0 N–H and O–H groups in total. The second kappa shape index (κ2) is 7.37. The zero-order valence-electron chi connectivity index (χ0n) is 9.86. The Morgan fingerprint density at radius 2 is 1.92 bits per heavy atom. The van der Waals surface area contributed by atoms with Crippen LogP contribution >= 0.6 is 0 Å². The molecule has 1 saturated heterocycles. The summed E-state index contributed by atoms with van der Waals surface area (Å²) in [6, 6.07) is 0. The van der Waals surface area contributed by atoms with Crippen molar-refractivity contribution in [1.82, 2.24) is 0 Å².